The Bertz CT molecular complexity index is 507. The molecular formula is C14H23NO9S. The van der Waals surface area contributed by atoms with E-state index < -0.39 is 73.7 Å². The summed E-state index contributed by atoms with van der Waals surface area (Å²) < 4.78 is 16.6. The summed E-state index contributed by atoms with van der Waals surface area (Å²) >= 11 is 1.34. The van der Waals surface area contributed by atoms with Crippen molar-refractivity contribution < 1.29 is 44.8 Å². The number of rotatable bonds is 4. The average Bonchev–Trinajstić information content (AvgIpc) is 2.97. The molecule has 10 atom stereocenters. The lowest BCUT2D eigenvalue weighted by atomic mass is 9.96. The standard InChI is InChI=1S/C14H23NO9S/c1-4-15-7-12(9(19)6(3-17)23-14(7)25-4)24-13-11(21)10(20)8(18)5(2-16)22-13/h5-14,16-21H,2-3H2,1H3/t5-,6-,7-,8+,9-,10+,11-,12-,13+,14-/m1/s1. The topological polar surface area (TPSA) is 161 Å². The van der Waals surface area contributed by atoms with Gasteiger partial charge in [-0.3, -0.25) is 4.99 Å². The van der Waals surface area contributed by atoms with Gasteiger partial charge in [-0.15, -0.1) is 0 Å². The molecule has 0 unspecified atom stereocenters. The first-order valence-electron chi connectivity index (χ1n) is 7.98. The minimum Gasteiger partial charge on any atom is -0.394 e. The summed E-state index contributed by atoms with van der Waals surface area (Å²) in [5.74, 6) is 0. The van der Waals surface area contributed by atoms with Crippen molar-refractivity contribution >= 4 is 16.8 Å². The Labute approximate surface area is 148 Å². The molecule has 3 aliphatic rings. The van der Waals surface area contributed by atoms with Crippen molar-refractivity contribution in [3.63, 3.8) is 0 Å². The highest BCUT2D eigenvalue weighted by atomic mass is 32.2. The Morgan fingerprint density at radius 3 is 2.24 bits per heavy atom. The zero-order valence-corrected chi connectivity index (χ0v) is 14.3. The molecule has 144 valence electrons. The second kappa shape index (κ2) is 7.72. The lowest BCUT2D eigenvalue weighted by molar-refractivity contribution is -0.328. The van der Waals surface area contributed by atoms with Gasteiger partial charge in [-0.05, 0) is 6.92 Å². The third-order valence-corrected chi connectivity index (χ3v) is 5.65. The van der Waals surface area contributed by atoms with Crippen LogP contribution in [0.15, 0.2) is 4.99 Å². The number of aliphatic hydroxyl groups is 6. The van der Waals surface area contributed by atoms with Crippen LogP contribution in [0.4, 0.5) is 0 Å². The first-order chi connectivity index (χ1) is 11.9. The average molecular weight is 381 g/mol. The van der Waals surface area contributed by atoms with Crippen LogP contribution in [-0.4, -0.2) is 109 Å². The van der Waals surface area contributed by atoms with Crippen LogP contribution in [-0.2, 0) is 14.2 Å². The molecule has 0 saturated carbocycles. The molecule has 2 saturated heterocycles. The molecule has 0 radical (unpaired) electrons. The van der Waals surface area contributed by atoms with Crippen LogP contribution in [0.2, 0.25) is 0 Å². The minimum atomic E-state index is -1.59. The Kier molecular flexibility index (Phi) is 6.00. The van der Waals surface area contributed by atoms with Crippen molar-refractivity contribution in [1.82, 2.24) is 0 Å². The van der Waals surface area contributed by atoms with Crippen LogP contribution in [0.3, 0.4) is 0 Å². The molecule has 3 aliphatic heterocycles. The molecule has 3 heterocycles. The van der Waals surface area contributed by atoms with Gasteiger partial charge in [0.1, 0.15) is 54.2 Å². The van der Waals surface area contributed by atoms with Gasteiger partial charge in [0.25, 0.3) is 0 Å². The number of hydrogen-bond donors (Lipinski definition) is 6. The molecule has 3 rings (SSSR count). The third-order valence-electron chi connectivity index (χ3n) is 4.58. The van der Waals surface area contributed by atoms with E-state index in [2.05, 4.69) is 4.99 Å². The molecule has 0 aromatic heterocycles. The molecule has 0 aromatic rings. The molecule has 0 amide bonds. The molecule has 0 aliphatic carbocycles. The summed E-state index contributed by atoms with van der Waals surface area (Å²) in [4.78, 5) is 4.36. The van der Waals surface area contributed by atoms with Crippen LogP contribution in [0.1, 0.15) is 6.92 Å². The second-order valence-corrected chi connectivity index (χ2v) is 7.56. The predicted octanol–water partition coefficient (Wildman–Crippen LogP) is -3.22. The van der Waals surface area contributed by atoms with Crippen LogP contribution in [0.5, 0.6) is 0 Å². The normalized spacial score (nSPS) is 50.4. The Hall–Kier alpha value is -0.340. The second-order valence-electron chi connectivity index (χ2n) is 6.27. The highest BCUT2D eigenvalue weighted by Gasteiger charge is 2.52. The summed E-state index contributed by atoms with van der Waals surface area (Å²) in [6.07, 6.45) is -10.3. The fourth-order valence-corrected chi connectivity index (χ4v) is 4.26. The van der Waals surface area contributed by atoms with E-state index in [1.807, 2.05) is 0 Å². The van der Waals surface area contributed by atoms with Gasteiger partial charge in [0.15, 0.2) is 6.29 Å². The molecule has 0 spiro atoms. The summed E-state index contributed by atoms with van der Waals surface area (Å²) in [6, 6.07) is -0.588. The van der Waals surface area contributed by atoms with Crippen molar-refractivity contribution in [1.29, 1.82) is 0 Å². The van der Waals surface area contributed by atoms with E-state index in [1.54, 1.807) is 6.92 Å². The van der Waals surface area contributed by atoms with Gasteiger partial charge in [-0.1, -0.05) is 11.8 Å². The van der Waals surface area contributed by atoms with Gasteiger partial charge < -0.3 is 44.8 Å². The molecule has 0 bridgehead atoms. The highest BCUT2D eigenvalue weighted by molar-refractivity contribution is 8.14. The maximum Gasteiger partial charge on any atom is 0.187 e. The van der Waals surface area contributed by atoms with Gasteiger partial charge >= 0.3 is 0 Å². The SMILES string of the molecule is CC1=N[C@@H]2[C@@H](O[C@@H]3O[C@H](CO)[C@H](O)[C@H](O)[C@H]3O)[C@H](O)[C@@H](CO)O[C@@H]2S1. The third kappa shape index (κ3) is 3.58. The summed E-state index contributed by atoms with van der Waals surface area (Å²) in [5.41, 5.74) is -0.463. The highest BCUT2D eigenvalue weighted by Crippen LogP contribution is 2.38. The lowest BCUT2D eigenvalue weighted by Gasteiger charge is -2.45. The van der Waals surface area contributed by atoms with E-state index in [0.717, 1.165) is 5.04 Å². The van der Waals surface area contributed by atoms with E-state index in [9.17, 15) is 30.6 Å². The number of thioether (sulfide) groups is 1. The van der Waals surface area contributed by atoms with Gasteiger partial charge in [-0.2, -0.15) is 0 Å². The number of hydrogen-bond acceptors (Lipinski definition) is 11. The van der Waals surface area contributed by atoms with Crippen molar-refractivity contribution in [2.75, 3.05) is 13.2 Å². The number of fused-ring (bicyclic) bond motifs is 1. The smallest absolute Gasteiger partial charge is 0.187 e. The quantitative estimate of drug-likeness (QED) is 0.292. The number of aliphatic imine (C=N–C) groups is 1. The molecule has 6 N–H and O–H groups in total. The van der Waals surface area contributed by atoms with Crippen molar-refractivity contribution in [3.05, 3.63) is 0 Å². The summed E-state index contributed by atoms with van der Waals surface area (Å²) in [5, 5.41) is 59.6. The molecule has 2 fully saturated rings. The fraction of sp³-hybridized carbons (Fsp3) is 0.929. The lowest BCUT2D eigenvalue weighted by Crippen LogP contribution is -2.63. The molecule has 25 heavy (non-hydrogen) atoms. The Morgan fingerprint density at radius 2 is 1.60 bits per heavy atom. The molecular weight excluding hydrogens is 358 g/mol. The Morgan fingerprint density at radius 1 is 0.960 bits per heavy atom. The van der Waals surface area contributed by atoms with Crippen molar-refractivity contribution in [2.45, 2.75) is 67.4 Å². The van der Waals surface area contributed by atoms with E-state index in [0.29, 0.717) is 0 Å². The van der Waals surface area contributed by atoms with E-state index in [1.165, 1.54) is 11.8 Å². The number of nitrogens with zero attached hydrogens (tertiary/aromatic N) is 1. The van der Waals surface area contributed by atoms with Crippen LogP contribution in [0, 0.1) is 0 Å². The molecule has 10 nitrogen and oxygen atoms in total. The van der Waals surface area contributed by atoms with E-state index in [-0.39, 0.29) is 0 Å². The van der Waals surface area contributed by atoms with E-state index >= 15 is 0 Å². The fourth-order valence-electron chi connectivity index (χ4n) is 3.19. The summed E-state index contributed by atoms with van der Waals surface area (Å²) in [7, 11) is 0. The van der Waals surface area contributed by atoms with Gasteiger partial charge in [0, 0.05) is 0 Å². The summed E-state index contributed by atoms with van der Waals surface area (Å²) in [6.45, 7) is 0.760. The van der Waals surface area contributed by atoms with Gasteiger partial charge in [0.05, 0.1) is 18.3 Å². The van der Waals surface area contributed by atoms with Crippen LogP contribution >= 0.6 is 11.8 Å². The molecule has 0 aromatic carbocycles. The zero-order valence-electron chi connectivity index (χ0n) is 13.5. The molecule has 11 heteroatoms. The van der Waals surface area contributed by atoms with E-state index in [4.69, 9.17) is 14.2 Å². The van der Waals surface area contributed by atoms with Crippen molar-refractivity contribution in [3.8, 4) is 0 Å². The van der Waals surface area contributed by atoms with Gasteiger partial charge in [-0.25, -0.2) is 0 Å². The minimum absolute atomic E-state index is 0.432. The Balaban J connectivity index is 1.78. The van der Waals surface area contributed by atoms with Crippen LogP contribution in [0.25, 0.3) is 0 Å². The number of aliphatic hydroxyl groups excluding tert-OH is 6. The van der Waals surface area contributed by atoms with Crippen molar-refractivity contribution in [2.24, 2.45) is 4.99 Å². The monoisotopic (exact) mass is 381 g/mol. The first-order valence-corrected chi connectivity index (χ1v) is 8.86. The largest absolute Gasteiger partial charge is 0.394 e. The zero-order chi connectivity index (χ0) is 18.3. The first kappa shape index (κ1) is 19.4. The number of ether oxygens (including phenoxy) is 3. The van der Waals surface area contributed by atoms with Crippen LogP contribution < -0.4 is 0 Å². The predicted molar refractivity (Wildman–Crippen MR) is 84.9 cm³/mol. The maximum atomic E-state index is 10.4. The van der Waals surface area contributed by atoms with Gasteiger partial charge in [0.2, 0.25) is 0 Å². The maximum absolute atomic E-state index is 10.4.